The van der Waals surface area contributed by atoms with Gasteiger partial charge in [0.05, 0.1) is 18.4 Å². The second-order valence-corrected chi connectivity index (χ2v) is 7.48. The molecule has 0 aromatic heterocycles. The van der Waals surface area contributed by atoms with Crippen LogP contribution in [0, 0.1) is 0 Å². The molecule has 1 amide bonds. The van der Waals surface area contributed by atoms with Gasteiger partial charge in [-0.15, -0.1) is 0 Å². The Balaban J connectivity index is 1.89. The van der Waals surface area contributed by atoms with E-state index in [1.165, 1.54) is 9.21 Å². The number of carboxylic acids is 1. The number of sulfonamides is 1. The van der Waals surface area contributed by atoms with Gasteiger partial charge < -0.3 is 14.7 Å². The van der Waals surface area contributed by atoms with Crippen LogP contribution in [-0.4, -0.2) is 78.7 Å². The smallest absolute Gasteiger partial charge is 0.334 e. The summed E-state index contributed by atoms with van der Waals surface area (Å²) < 4.78 is 29.9. The third-order valence-corrected chi connectivity index (χ3v) is 5.62. The fourth-order valence-electron chi connectivity index (χ4n) is 2.61. The van der Waals surface area contributed by atoms with Crippen molar-refractivity contribution in [1.29, 1.82) is 0 Å². The molecule has 0 saturated carbocycles. The molecule has 1 N–H and O–H groups in total. The van der Waals surface area contributed by atoms with Gasteiger partial charge in [-0.3, -0.25) is 4.79 Å². The number of hydrogen-bond acceptors (Lipinski definition) is 5. The van der Waals surface area contributed by atoms with E-state index in [9.17, 15) is 18.0 Å². The summed E-state index contributed by atoms with van der Waals surface area (Å²) in [6, 6.07) is 0. The molecule has 0 aromatic carbocycles. The fourth-order valence-corrected chi connectivity index (χ4v) is 4.14. The highest BCUT2D eigenvalue weighted by molar-refractivity contribution is 7.89. The molecule has 120 valence electrons. The predicted molar refractivity (Wildman–Crippen MR) is 73.1 cm³/mol. The SMILES string of the molecule is C[C@@H]1CN(C(=O)CCN2CCCS2(=O)=O)CC(C(=O)O)O1. The van der Waals surface area contributed by atoms with Gasteiger partial charge in [-0.2, -0.15) is 0 Å². The fraction of sp³-hybridized carbons (Fsp3) is 0.833. The van der Waals surface area contributed by atoms with Crippen LogP contribution in [-0.2, 0) is 24.3 Å². The summed E-state index contributed by atoms with van der Waals surface area (Å²) in [6.45, 7) is 2.65. The number of carbonyl (C=O) groups excluding carboxylic acids is 1. The lowest BCUT2D eigenvalue weighted by Gasteiger charge is -2.35. The molecule has 0 bridgehead atoms. The largest absolute Gasteiger partial charge is 0.479 e. The van der Waals surface area contributed by atoms with Crippen molar-refractivity contribution in [3.8, 4) is 0 Å². The van der Waals surface area contributed by atoms with Crippen LogP contribution in [0.5, 0.6) is 0 Å². The van der Waals surface area contributed by atoms with E-state index in [2.05, 4.69) is 0 Å². The van der Waals surface area contributed by atoms with Gasteiger partial charge in [0.2, 0.25) is 15.9 Å². The molecule has 1 unspecified atom stereocenters. The number of ether oxygens (including phenoxy) is 1. The van der Waals surface area contributed by atoms with Crippen LogP contribution in [0.15, 0.2) is 0 Å². The quantitative estimate of drug-likeness (QED) is 0.721. The first kappa shape index (κ1) is 16.2. The maximum Gasteiger partial charge on any atom is 0.334 e. The predicted octanol–water partition coefficient (Wildman–Crippen LogP) is -0.887. The van der Waals surface area contributed by atoms with E-state index in [0.717, 1.165) is 0 Å². The Hall–Kier alpha value is -1.19. The van der Waals surface area contributed by atoms with Gasteiger partial charge in [0.1, 0.15) is 0 Å². The molecule has 2 aliphatic heterocycles. The van der Waals surface area contributed by atoms with Gasteiger partial charge in [-0.25, -0.2) is 17.5 Å². The van der Waals surface area contributed by atoms with Crippen molar-refractivity contribution in [1.82, 2.24) is 9.21 Å². The lowest BCUT2D eigenvalue weighted by Crippen LogP contribution is -2.52. The second-order valence-electron chi connectivity index (χ2n) is 5.39. The highest BCUT2D eigenvalue weighted by Crippen LogP contribution is 2.16. The minimum Gasteiger partial charge on any atom is -0.479 e. The molecule has 21 heavy (non-hydrogen) atoms. The molecule has 2 saturated heterocycles. The van der Waals surface area contributed by atoms with Crippen molar-refractivity contribution in [3.05, 3.63) is 0 Å². The van der Waals surface area contributed by atoms with Crippen LogP contribution in [0.1, 0.15) is 19.8 Å². The van der Waals surface area contributed by atoms with Crippen LogP contribution >= 0.6 is 0 Å². The lowest BCUT2D eigenvalue weighted by atomic mass is 10.2. The van der Waals surface area contributed by atoms with E-state index in [1.54, 1.807) is 6.92 Å². The Morgan fingerprint density at radius 3 is 2.62 bits per heavy atom. The lowest BCUT2D eigenvalue weighted by molar-refractivity contribution is -0.166. The summed E-state index contributed by atoms with van der Waals surface area (Å²) in [5.41, 5.74) is 0. The molecule has 0 radical (unpaired) electrons. The van der Waals surface area contributed by atoms with E-state index >= 15 is 0 Å². The molecule has 2 aliphatic rings. The number of morpholine rings is 1. The van der Waals surface area contributed by atoms with Crippen molar-refractivity contribution in [3.63, 3.8) is 0 Å². The van der Waals surface area contributed by atoms with Gasteiger partial charge in [0, 0.05) is 26.1 Å². The Morgan fingerprint density at radius 2 is 2.05 bits per heavy atom. The van der Waals surface area contributed by atoms with Gasteiger partial charge in [-0.05, 0) is 13.3 Å². The van der Waals surface area contributed by atoms with E-state index in [4.69, 9.17) is 9.84 Å². The Labute approximate surface area is 123 Å². The number of aliphatic carboxylic acids is 1. The third-order valence-electron chi connectivity index (χ3n) is 3.67. The summed E-state index contributed by atoms with van der Waals surface area (Å²) in [5.74, 6) is -1.20. The first-order valence-electron chi connectivity index (χ1n) is 6.93. The van der Waals surface area contributed by atoms with Crippen molar-refractivity contribution in [2.45, 2.75) is 32.0 Å². The van der Waals surface area contributed by atoms with Crippen LogP contribution in [0.3, 0.4) is 0 Å². The zero-order chi connectivity index (χ0) is 15.6. The normalized spacial score (nSPS) is 29.5. The molecule has 2 atom stereocenters. The second kappa shape index (κ2) is 6.29. The van der Waals surface area contributed by atoms with Gasteiger partial charge in [-0.1, -0.05) is 0 Å². The van der Waals surface area contributed by atoms with Crippen LogP contribution in [0.4, 0.5) is 0 Å². The molecule has 9 heteroatoms. The van der Waals surface area contributed by atoms with Crippen LogP contribution < -0.4 is 0 Å². The first-order chi connectivity index (χ1) is 9.79. The van der Waals surface area contributed by atoms with Crippen molar-refractivity contribution in [2.75, 3.05) is 31.9 Å². The summed E-state index contributed by atoms with van der Waals surface area (Å²) in [6.07, 6.45) is -0.711. The molecule has 2 rings (SSSR count). The number of nitrogens with zero attached hydrogens (tertiary/aromatic N) is 2. The van der Waals surface area contributed by atoms with Crippen molar-refractivity contribution >= 4 is 21.9 Å². The number of carboxylic acid groups (broad SMARTS) is 1. The standard InChI is InChI=1S/C12H20N2O6S/c1-9-7-13(8-10(20-9)12(16)17)11(15)3-5-14-4-2-6-21(14,18)19/h9-10H,2-8H2,1H3,(H,16,17)/t9-,10?/m1/s1. The molecule has 8 nitrogen and oxygen atoms in total. The highest BCUT2D eigenvalue weighted by Gasteiger charge is 2.33. The van der Waals surface area contributed by atoms with E-state index in [-0.39, 0.29) is 37.3 Å². The third kappa shape index (κ3) is 3.92. The number of rotatable bonds is 4. The van der Waals surface area contributed by atoms with E-state index < -0.39 is 22.1 Å². The molecule has 2 heterocycles. The molecule has 2 fully saturated rings. The average Bonchev–Trinajstić information content (AvgIpc) is 2.74. The Bertz CT molecular complexity index is 520. The number of carbonyl (C=O) groups is 2. The molecular formula is C12H20N2O6S. The zero-order valence-electron chi connectivity index (χ0n) is 11.9. The zero-order valence-corrected chi connectivity index (χ0v) is 12.7. The van der Waals surface area contributed by atoms with E-state index in [0.29, 0.717) is 19.5 Å². The Kier molecular flexibility index (Phi) is 4.84. The molecular weight excluding hydrogens is 300 g/mol. The first-order valence-corrected chi connectivity index (χ1v) is 8.54. The van der Waals surface area contributed by atoms with E-state index in [1.807, 2.05) is 0 Å². The van der Waals surface area contributed by atoms with Gasteiger partial charge >= 0.3 is 5.97 Å². The highest BCUT2D eigenvalue weighted by atomic mass is 32.2. The minimum absolute atomic E-state index is 0.00521. The summed E-state index contributed by atoms with van der Waals surface area (Å²) in [5, 5.41) is 8.98. The van der Waals surface area contributed by atoms with Crippen LogP contribution in [0.25, 0.3) is 0 Å². The number of amides is 1. The summed E-state index contributed by atoms with van der Waals surface area (Å²) >= 11 is 0. The van der Waals surface area contributed by atoms with Gasteiger partial charge in [0.25, 0.3) is 0 Å². The molecule has 0 aliphatic carbocycles. The maximum atomic E-state index is 12.1. The Morgan fingerprint density at radius 1 is 1.33 bits per heavy atom. The van der Waals surface area contributed by atoms with Gasteiger partial charge in [0.15, 0.2) is 6.10 Å². The summed E-state index contributed by atoms with van der Waals surface area (Å²) in [7, 11) is -3.20. The topological polar surface area (TPSA) is 104 Å². The molecule has 0 aromatic rings. The van der Waals surface area contributed by atoms with Crippen molar-refractivity contribution < 1.29 is 27.9 Å². The molecule has 0 spiro atoms. The summed E-state index contributed by atoms with van der Waals surface area (Å²) in [4.78, 5) is 24.5. The number of hydrogen-bond donors (Lipinski definition) is 1. The monoisotopic (exact) mass is 320 g/mol. The van der Waals surface area contributed by atoms with Crippen LogP contribution in [0.2, 0.25) is 0 Å². The average molecular weight is 320 g/mol. The van der Waals surface area contributed by atoms with Crippen molar-refractivity contribution in [2.24, 2.45) is 0 Å². The maximum absolute atomic E-state index is 12.1. The minimum atomic E-state index is -3.20.